The van der Waals surface area contributed by atoms with Gasteiger partial charge in [0.15, 0.2) is 0 Å². The van der Waals surface area contributed by atoms with Crippen molar-refractivity contribution < 1.29 is 4.74 Å². The lowest BCUT2D eigenvalue weighted by atomic mass is 10.1. The van der Waals surface area contributed by atoms with E-state index in [0.29, 0.717) is 0 Å². The number of aromatic nitrogens is 1. The van der Waals surface area contributed by atoms with Gasteiger partial charge in [0, 0.05) is 30.1 Å². The van der Waals surface area contributed by atoms with Gasteiger partial charge in [-0.25, -0.2) is 0 Å². The van der Waals surface area contributed by atoms with Crippen LogP contribution in [-0.2, 0) is 19.4 Å². The van der Waals surface area contributed by atoms with Crippen molar-refractivity contribution in [3.8, 4) is 11.5 Å². The van der Waals surface area contributed by atoms with Crippen LogP contribution in [0.2, 0.25) is 0 Å². The van der Waals surface area contributed by atoms with E-state index < -0.39 is 0 Å². The number of rotatable bonds is 4. The van der Waals surface area contributed by atoms with E-state index in [1.165, 1.54) is 30.4 Å². The minimum absolute atomic E-state index is 0.757. The number of fused-ring (bicyclic) bond motifs is 1. The molecule has 0 fully saturated rings. The third-order valence-corrected chi connectivity index (χ3v) is 3.75. The quantitative estimate of drug-likeness (QED) is 0.923. The van der Waals surface area contributed by atoms with E-state index in [2.05, 4.69) is 28.5 Å². The fourth-order valence-electron chi connectivity index (χ4n) is 2.72. The summed E-state index contributed by atoms with van der Waals surface area (Å²) >= 11 is 0. The molecule has 0 saturated heterocycles. The summed E-state index contributed by atoms with van der Waals surface area (Å²) in [7, 11) is 1.93. The number of benzene rings is 1. The fraction of sp³-hybridized carbons (Fsp3) is 0.353. The molecule has 3 rings (SSSR count). The van der Waals surface area contributed by atoms with Gasteiger partial charge in [-0.2, -0.15) is 0 Å². The van der Waals surface area contributed by atoms with Crippen LogP contribution in [0.1, 0.15) is 28.8 Å². The van der Waals surface area contributed by atoms with Crippen LogP contribution < -0.4 is 10.1 Å². The minimum atomic E-state index is 0.757. The molecule has 3 heteroatoms. The summed E-state index contributed by atoms with van der Waals surface area (Å²) in [6.45, 7) is 2.74. The van der Waals surface area contributed by atoms with Gasteiger partial charge in [-0.3, -0.25) is 4.98 Å². The van der Waals surface area contributed by atoms with Gasteiger partial charge in [-0.1, -0.05) is 6.07 Å². The first-order valence-corrected chi connectivity index (χ1v) is 7.16. The highest BCUT2D eigenvalue weighted by molar-refractivity contribution is 5.42. The zero-order chi connectivity index (χ0) is 13.9. The van der Waals surface area contributed by atoms with Crippen LogP contribution in [0.15, 0.2) is 30.5 Å². The number of hydrogen-bond acceptors (Lipinski definition) is 3. The molecule has 0 amide bonds. The van der Waals surface area contributed by atoms with Crippen LogP contribution >= 0.6 is 0 Å². The summed E-state index contributed by atoms with van der Waals surface area (Å²) in [6, 6.07) is 8.45. The van der Waals surface area contributed by atoms with Crippen LogP contribution in [0.3, 0.4) is 0 Å². The van der Waals surface area contributed by atoms with Gasteiger partial charge in [0.1, 0.15) is 11.5 Å². The number of nitrogens with one attached hydrogen (secondary N) is 1. The Morgan fingerprint density at radius 3 is 2.90 bits per heavy atom. The molecule has 1 aromatic heterocycles. The topological polar surface area (TPSA) is 34.2 Å². The Kier molecular flexibility index (Phi) is 3.70. The zero-order valence-electron chi connectivity index (χ0n) is 12.1. The highest BCUT2D eigenvalue weighted by atomic mass is 16.5. The number of ether oxygens (including phenoxy) is 1. The van der Waals surface area contributed by atoms with Crippen molar-refractivity contribution in [3.05, 3.63) is 52.8 Å². The third kappa shape index (κ3) is 2.68. The van der Waals surface area contributed by atoms with Gasteiger partial charge >= 0.3 is 0 Å². The molecule has 1 aliphatic carbocycles. The lowest BCUT2D eigenvalue weighted by Gasteiger charge is -2.12. The predicted octanol–water partition coefficient (Wildman–Crippen LogP) is 3.39. The Hall–Kier alpha value is -1.87. The average molecular weight is 268 g/mol. The zero-order valence-corrected chi connectivity index (χ0v) is 12.1. The van der Waals surface area contributed by atoms with Crippen molar-refractivity contribution in [1.82, 2.24) is 10.3 Å². The molecule has 0 atom stereocenters. The maximum absolute atomic E-state index is 6.09. The first kappa shape index (κ1) is 13.1. The second kappa shape index (κ2) is 5.63. The van der Waals surface area contributed by atoms with Crippen molar-refractivity contribution in [1.29, 1.82) is 0 Å². The molecule has 0 radical (unpaired) electrons. The summed E-state index contributed by atoms with van der Waals surface area (Å²) in [5.41, 5.74) is 4.96. The molecule has 104 valence electrons. The first-order valence-electron chi connectivity index (χ1n) is 7.16. The first-order chi connectivity index (χ1) is 9.76. The van der Waals surface area contributed by atoms with Gasteiger partial charge in [0.2, 0.25) is 0 Å². The standard InChI is InChI=1S/C17H20N2O/c1-12-8-17(15(10-18-2)11-19-12)20-16-7-6-13-4-3-5-14(13)9-16/h6-9,11,18H,3-5,10H2,1-2H3. The Morgan fingerprint density at radius 2 is 2.05 bits per heavy atom. The minimum Gasteiger partial charge on any atom is -0.457 e. The predicted molar refractivity (Wildman–Crippen MR) is 80.3 cm³/mol. The van der Waals surface area contributed by atoms with Crippen molar-refractivity contribution >= 4 is 0 Å². The second-order valence-electron chi connectivity index (χ2n) is 5.35. The summed E-state index contributed by atoms with van der Waals surface area (Å²) in [5.74, 6) is 1.82. The second-order valence-corrected chi connectivity index (χ2v) is 5.35. The molecule has 3 nitrogen and oxygen atoms in total. The van der Waals surface area contributed by atoms with Crippen LogP contribution in [-0.4, -0.2) is 12.0 Å². The summed E-state index contributed by atoms with van der Waals surface area (Å²) in [6.07, 6.45) is 5.52. The fourth-order valence-corrected chi connectivity index (χ4v) is 2.72. The number of pyridine rings is 1. The van der Waals surface area contributed by atoms with Crippen molar-refractivity contribution in [2.75, 3.05) is 7.05 Å². The molecule has 1 aliphatic rings. The lowest BCUT2D eigenvalue weighted by Crippen LogP contribution is -2.07. The van der Waals surface area contributed by atoms with Crippen LogP contribution in [0, 0.1) is 6.92 Å². The molecular formula is C17H20N2O. The summed E-state index contributed by atoms with van der Waals surface area (Å²) in [4.78, 5) is 4.34. The number of aryl methyl sites for hydroxylation is 3. The van der Waals surface area contributed by atoms with E-state index in [1.807, 2.05) is 26.2 Å². The Morgan fingerprint density at radius 1 is 1.20 bits per heavy atom. The molecule has 0 bridgehead atoms. The van der Waals surface area contributed by atoms with E-state index >= 15 is 0 Å². The molecule has 0 unspecified atom stereocenters. The van der Waals surface area contributed by atoms with Crippen molar-refractivity contribution in [3.63, 3.8) is 0 Å². The van der Waals surface area contributed by atoms with Crippen molar-refractivity contribution in [2.24, 2.45) is 0 Å². The largest absolute Gasteiger partial charge is 0.457 e. The monoisotopic (exact) mass is 268 g/mol. The maximum Gasteiger partial charge on any atom is 0.135 e. The molecule has 1 aromatic carbocycles. The van der Waals surface area contributed by atoms with Crippen LogP contribution in [0.5, 0.6) is 11.5 Å². The van der Waals surface area contributed by atoms with Gasteiger partial charge in [0.05, 0.1) is 0 Å². The maximum atomic E-state index is 6.09. The molecule has 1 N–H and O–H groups in total. The number of nitrogens with zero attached hydrogens (tertiary/aromatic N) is 1. The van der Waals surface area contributed by atoms with Gasteiger partial charge in [-0.15, -0.1) is 0 Å². The third-order valence-electron chi connectivity index (χ3n) is 3.75. The van der Waals surface area contributed by atoms with Crippen LogP contribution in [0.25, 0.3) is 0 Å². The van der Waals surface area contributed by atoms with Gasteiger partial charge < -0.3 is 10.1 Å². The summed E-state index contributed by atoms with van der Waals surface area (Å²) in [5, 5.41) is 3.15. The molecule has 0 aliphatic heterocycles. The molecule has 1 heterocycles. The molecule has 0 saturated carbocycles. The SMILES string of the molecule is CNCc1cnc(C)cc1Oc1ccc2c(c1)CCC2. The van der Waals surface area contributed by atoms with Crippen LogP contribution in [0.4, 0.5) is 0 Å². The highest BCUT2D eigenvalue weighted by Gasteiger charge is 2.12. The van der Waals surface area contributed by atoms with Crippen molar-refractivity contribution in [2.45, 2.75) is 32.7 Å². The highest BCUT2D eigenvalue weighted by Crippen LogP contribution is 2.30. The molecule has 2 aromatic rings. The average Bonchev–Trinajstić information content (AvgIpc) is 2.89. The van der Waals surface area contributed by atoms with E-state index in [0.717, 1.165) is 29.3 Å². The lowest BCUT2D eigenvalue weighted by molar-refractivity contribution is 0.472. The molecule has 20 heavy (non-hydrogen) atoms. The van der Waals surface area contributed by atoms with E-state index in [9.17, 15) is 0 Å². The van der Waals surface area contributed by atoms with E-state index in [-0.39, 0.29) is 0 Å². The normalized spacial score (nSPS) is 13.3. The number of hydrogen-bond donors (Lipinski definition) is 1. The molecular weight excluding hydrogens is 248 g/mol. The van der Waals surface area contributed by atoms with E-state index in [1.54, 1.807) is 0 Å². The van der Waals surface area contributed by atoms with Gasteiger partial charge in [-0.05, 0) is 56.5 Å². The van der Waals surface area contributed by atoms with E-state index in [4.69, 9.17) is 4.74 Å². The summed E-state index contributed by atoms with van der Waals surface area (Å²) < 4.78 is 6.09. The Balaban J connectivity index is 1.88. The smallest absolute Gasteiger partial charge is 0.135 e. The molecule has 0 spiro atoms. The van der Waals surface area contributed by atoms with Gasteiger partial charge in [0.25, 0.3) is 0 Å². The Bertz CT molecular complexity index is 622. The Labute approximate surface area is 120 Å².